The molecule has 0 N–H and O–H groups in total. The van der Waals surface area contributed by atoms with E-state index in [1.807, 2.05) is 32.2 Å². The van der Waals surface area contributed by atoms with Gasteiger partial charge in [-0.2, -0.15) is 11.3 Å². The molecule has 0 atom stereocenters. The average Bonchev–Trinajstić information content (AvgIpc) is 2.98. The van der Waals surface area contributed by atoms with Crippen LogP contribution in [-0.2, 0) is 16.7 Å². The van der Waals surface area contributed by atoms with Crippen molar-refractivity contribution in [2.24, 2.45) is 0 Å². The first-order valence-electron chi connectivity index (χ1n) is 6.55. The third kappa shape index (κ3) is 3.07. The zero-order chi connectivity index (χ0) is 14.8. The van der Waals surface area contributed by atoms with Gasteiger partial charge in [0.15, 0.2) is 5.69 Å². The van der Waals surface area contributed by atoms with E-state index in [4.69, 9.17) is 4.74 Å². The molecule has 5 nitrogen and oxygen atoms in total. The van der Waals surface area contributed by atoms with E-state index >= 15 is 0 Å². The molecule has 0 aliphatic carbocycles. The van der Waals surface area contributed by atoms with Crippen LogP contribution in [0, 0.1) is 0 Å². The van der Waals surface area contributed by atoms with Crippen LogP contribution in [0.4, 0.5) is 0 Å². The summed E-state index contributed by atoms with van der Waals surface area (Å²) in [5, 5.41) is 12.2. The minimum absolute atomic E-state index is 0.235. The molecule has 0 spiro atoms. The van der Waals surface area contributed by atoms with Crippen LogP contribution in [0.25, 0.3) is 0 Å². The van der Waals surface area contributed by atoms with Crippen LogP contribution in [0.15, 0.2) is 16.8 Å². The molecule has 2 heterocycles. The molecule has 2 aromatic heterocycles. The lowest BCUT2D eigenvalue weighted by atomic mass is 9.90. The lowest BCUT2D eigenvalue weighted by Gasteiger charge is -2.20. The van der Waals surface area contributed by atoms with E-state index in [1.165, 1.54) is 0 Å². The Labute approximate surface area is 122 Å². The Kier molecular flexibility index (Phi) is 4.23. The number of rotatable bonds is 4. The zero-order valence-corrected chi connectivity index (χ0v) is 13.0. The van der Waals surface area contributed by atoms with Crippen LogP contribution in [0.1, 0.15) is 49.4 Å². The van der Waals surface area contributed by atoms with Gasteiger partial charge in [-0.15, -0.1) is 5.10 Å². The largest absolute Gasteiger partial charge is 0.461 e. The van der Waals surface area contributed by atoms with Gasteiger partial charge < -0.3 is 4.74 Å². The molecule has 0 amide bonds. The highest BCUT2D eigenvalue weighted by Gasteiger charge is 2.29. The molecule has 108 valence electrons. The number of nitrogens with zero attached hydrogens (tertiary/aromatic N) is 3. The van der Waals surface area contributed by atoms with Gasteiger partial charge in [0.05, 0.1) is 18.8 Å². The number of esters is 1. The normalized spacial score (nSPS) is 11.6. The van der Waals surface area contributed by atoms with Crippen molar-refractivity contribution in [1.29, 1.82) is 0 Å². The fraction of sp³-hybridized carbons (Fsp3) is 0.500. The summed E-state index contributed by atoms with van der Waals surface area (Å²) in [4.78, 5) is 12.0. The van der Waals surface area contributed by atoms with Crippen LogP contribution in [0.5, 0.6) is 0 Å². The second-order valence-electron chi connectivity index (χ2n) is 5.55. The summed E-state index contributed by atoms with van der Waals surface area (Å²) in [5.41, 5.74) is 2.04. The van der Waals surface area contributed by atoms with Crippen molar-refractivity contribution in [2.75, 3.05) is 6.61 Å². The molecular weight excluding hydrogens is 274 g/mol. The van der Waals surface area contributed by atoms with Gasteiger partial charge in [0, 0.05) is 5.41 Å². The average molecular weight is 293 g/mol. The van der Waals surface area contributed by atoms with Crippen LogP contribution >= 0.6 is 11.3 Å². The Balaban J connectivity index is 2.40. The molecule has 0 bridgehead atoms. The highest BCUT2D eigenvalue weighted by Crippen LogP contribution is 2.26. The first kappa shape index (κ1) is 14.7. The second kappa shape index (κ2) is 5.75. The van der Waals surface area contributed by atoms with Crippen LogP contribution in [0.2, 0.25) is 0 Å². The molecule has 0 unspecified atom stereocenters. The van der Waals surface area contributed by atoms with Crippen molar-refractivity contribution in [3.05, 3.63) is 33.8 Å². The van der Waals surface area contributed by atoms with Crippen molar-refractivity contribution in [1.82, 2.24) is 15.0 Å². The maximum Gasteiger partial charge on any atom is 0.360 e. The maximum atomic E-state index is 12.0. The molecule has 0 fully saturated rings. The van der Waals surface area contributed by atoms with Crippen molar-refractivity contribution in [2.45, 2.75) is 39.7 Å². The minimum atomic E-state index is -0.408. The topological polar surface area (TPSA) is 57.0 Å². The van der Waals surface area contributed by atoms with Gasteiger partial charge in [-0.3, -0.25) is 0 Å². The van der Waals surface area contributed by atoms with Crippen molar-refractivity contribution in [3.8, 4) is 0 Å². The predicted octanol–water partition coefficient (Wildman–Crippen LogP) is 2.86. The van der Waals surface area contributed by atoms with E-state index < -0.39 is 5.97 Å². The maximum absolute atomic E-state index is 12.0. The summed E-state index contributed by atoms with van der Waals surface area (Å²) in [5.74, 6) is -0.408. The molecule has 0 aliphatic rings. The van der Waals surface area contributed by atoms with Gasteiger partial charge in [0.2, 0.25) is 0 Å². The Morgan fingerprint density at radius 2 is 2.20 bits per heavy atom. The van der Waals surface area contributed by atoms with Crippen molar-refractivity contribution >= 4 is 17.3 Å². The van der Waals surface area contributed by atoms with Gasteiger partial charge in [0.25, 0.3) is 0 Å². The smallest absolute Gasteiger partial charge is 0.360 e. The van der Waals surface area contributed by atoms with Gasteiger partial charge in [-0.25, -0.2) is 9.48 Å². The number of carbonyl (C=O) groups excluding carboxylic acids is 1. The molecule has 0 radical (unpaired) electrons. The van der Waals surface area contributed by atoms with Crippen molar-refractivity contribution in [3.63, 3.8) is 0 Å². The Hall–Kier alpha value is -1.69. The first-order chi connectivity index (χ1) is 9.43. The highest BCUT2D eigenvalue weighted by atomic mass is 32.1. The minimum Gasteiger partial charge on any atom is -0.461 e. The summed E-state index contributed by atoms with van der Waals surface area (Å²) in [6.45, 7) is 8.85. The van der Waals surface area contributed by atoms with Gasteiger partial charge >= 0.3 is 5.97 Å². The van der Waals surface area contributed by atoms with Gasteiger partial charge in [-0.1, -0.05) is 26.0 Å². The van der Waals surface area contributed by atoms with Gasteiger partial charge in [0.1, 0.15) is 0 Å². The van der Waals surface area contributed by atoms with E-state index in [9.17, 15) is 4.79 Å². The predicted molar refractivity (Wildman–Crippen MR) is 78.1 cm³/mol. The summed E-state index contributed by atoms with van der Waals surface area (Å²) in [7, 11) is 0. The van der Waals surface area contributed by atoms with Crippen LogP contribution < -0.4 is 0 Å². The van der Waals surface area contributed by atoms with E-state index in [1.54, 1.807) is 22.9 Å². The monoisotopic (exact) mass is 293 g/mol. The highest BCUT2D eigenvalue weighted by molar-refractivity contribution is 7.07. The third-order valence-corrected chi connectivity index (χ3v) is 3.56. The number of ether oxygens (including phenoxy) is 1. The Morgan fingerprint density at radius 3 is 2.75 bits per heavy atom. The molecular formula is C14H19N3O2S. The quantitative estimate of drug-likeness (QED) is 0.813. The second-order valence-corrected chi connectivity index (χ2v) is 6.33. The summed E-state index contributed by atoms with van der Waals surface area (Å²) in [6, 6.07) is 2.04. The summed E-state index contributed by atoms with van der Waals surface area (Å²) in [6.07, 6.45) is 0. The number of carbonyl (C=O) groups is 1. The fourth-order valence-electron chi connectivity index (χ4n) is 2.06. The first-order valence-corrected chi connectivity index (χ1v) is 7.50. The Morgan fingerprint density at radius 1 is 1.45 bits per heavy atom. The number of thiophene rings is 1. The van der Waals surface area contributed by atoms with E-state index in [0.717, 1.165) is 11.3 Å². The fourth-order valence-corrected chi connectivity index (χ4v) is 2.72. The lowest BCUT2D eigenvalue weighted by Crippen LogP contribution is -2.23. The van der Waals surface area contributed by atoms with Gasteiger partial charge in [-0.05, 0) is 29.3 Å². The van der Waals surface area contributed by atoms with Crippen LogP contribution in [-0.4, -0.2) is 27.6 Å². The molecule has 6 heteroatoms. The Bertz CT molecular complexity index is 582. The zero-order valence-electron chi connectivity index (χ0n) is 12.2. The van der Waals surface area contributed by atoms with Crippen molar-refractivity contribution < 1.29 is 9.53 Å². The SMILES string of the molecule is CCOC(=O)c1nnn(Cc2ccsc2)c1C(C)(C)C. The molecule has 2 aromatic rings. The molecule has 0 saturated heterocycles. The third-order valence-electron chi connectivity index (χ3n) is 2.83. The standard InChI is InChI=1S/C14H19N3O2S/c1-5-19-13(18)11-12(14(2,3)4)17(16-15-11)8-10-6-7-20-9-10/h6-7,9H,5,8H2,1-4H3. The molecule has 0 saturated carbocycles. The lowest BCUT2D eigenvalue weighted by molar-refractivity contribution is 0.0516. The van der Waals surface area contributed by atoms with Crippen LogP contribution in [0.3, 0.4) is 0 Å². The molecule has 0 aromatic carbocycles. The number of hydrogen-bond donors (Lipinski definition) is 0. The number of hydrogen-bond acceptors (Lipinski definition) is 5. The number of aromatic nitrogens is 3. The molecule has 0 aliphatic heterocycles. The van der Waals surface area contributed by atoms with E-state index in [2.05, 4.69) is 15.7 Å². The molecule has 2 rings (SSSR count). The van der Waals surface area contributed by atoms with E-state index in [-0.39, 0.29) is 5.41 Å². The molecule has 20 heavy (non-hydrogen) atoms. The van der Waals surface area contributed by atoms with E-state index in [0.29, 0.717) is 18.8 Å². The summed E-state index contributed by atoms with van der Waals surface area (Å²) < 4.78 is 6.85. The summed E-state index contributed by atoms with van der Waals surface area (Å²) >= 11 is 1.64.